The second kappa shape index (κ2) is 29.5. The number of methoxy groups -OCH3 is 2. The molecule has 388 valence electrons. The Balaban J connectivity index is 2.09. The Kier molecular flexibility index (Phi) is 26.3. The second-order valence-corrected chi connectivity index (χ2v) is 22.3. The first-order valence-corrected chi connectivity index (χ1v) is 26.3. The lowest BCUT2D eigenvalue weighted by Crippen LogP contribution is -2.56. The second-order valence-electron chi connectivity index (χ2n) is 19.4. The number of carbonyl (C=O) groups excluding carboxylic acids is 5. The predicted octanol–water partition coefficient (Wildman–Crippen LogP) is 5.94. The van der Waals surface area contributed by atoms with Gasteiger partial charge in [-0.15, -0.1) is 0 Å². The van der Waals surface area contributed by atoms with E-state index in [-0.39, 0.29) is 61.2 Å². The predicted molar refractivity (Wildman–Crippen MR) is 273 cm³/mol. The number of hydrazone groups is 1. The minimum absolute atomic E-state index is 0.00134. The van der Waals surface area contributed by atoms with Crippen LogP contribution >= 0.6 is 21.6 Å². The van der Waals surface area contributed by atoms with Crippen molar-refractivity contribution in [3.05, 3.63) is 35.9 Å². The van der Waals surface area contributed by atoms with Crippen molar-refractivity contribution in [2.24, 2.45) is 40.3 Å². The molecule has 1 aromatic rings. The first-order valence-electron chi connectivity index (χ1n) is 24.2. The van der Waals surface area contributed by atoms with Crippen LogP contribution in [0.15, 0.2) is 35.4 Å². The van der Waals surface area contributed by atoms with Gasteiger partial charge in [0.1, 0.15) is 17.7 Å². The number of nitrogens with one attached hydrogen (secondary N) is 2. The lowest BCUT2D eigenvalue weighted by Gasteiger charge is -2.39. The maximum absolute atomic E-state index is 14.2. The van der Waals surface area contributed by atoms with Crippen molar-refractivity contribution < 1.29 is 43.3 Å². The zero-order valence-corrected chi connectivity index (χ0v) is 45.0. The Morgan fingerprint density at radius 2 is 1.62 bits per heavy atom. The largest absolute Gasteiger partial charge is 0.448 e. The third-order valence-electron chi connectivity index (χ3n) is 13.2. The molecule has 19 heteroatoms. The van der Waals surface area contributed by atoms with Crippen molar-refractivity contribution in [2.45, 2.75) is 167 Å². The van der Waals surface area contributed by atoms with Crippen molar-refractivity contribution in [3.8, 4) is 0 Å². The molecule has 17 nitrogen and oxygen atoms in total. The van der Waals surface area contributed by atoms with Crippen LogP contribution in [0, 0.1) is 23.7 Å². The Labute approximate surface area is 415 Å². The average molecular weight is 995 g/mol. The van der Waals surface area contributed by atoms with Gasteiger partial charge in [-0.05, 0) is 81.1 Å². The SMILES string of the molecule is CCCC(C/C(=N\N)SSC(C)(C)COC(=O)N(C)C(C(=O)NCC(=O)N(C)C(C(C)CC)C(CC(=O)N1CCCC1C(OC)C(C)C(=O)NC(C)C(O)c1ccccc1)OC)C(C)C)C(C)N. The number of nitrogens with two attached hydrogens (primary N) is 2. The number of benzene rings is 1. The molecule has 7 N–H and O–H groups in total. The van der Waals surface area contributed by atoms with Crippen LogP contribution in [0.3, 0.4) is 0 Å². The van der Waals surface area contributed by atoms with Gasteiger partial charge in [0.15, 0.2) is 0 Å². The van der Waals surface area contributed by atoms with Gasteiger partial charge in [-0.1, -0.05) is 95.5 Å². The Morgan fingerprint density at radius 3 is 2.16 bits per heavy atom. The molecule has 0 aliphatic carbocycles. The molecule has 0 bridgehead atoms. The van der Waals surface area contributed by atoms with E-state index in [0.29, 0.717) is 31.4 Å². The van der Waals surface area contributed by atoms with Crippen molar-refractivity contribution >= 4 is 56.4 Å². The summed E-state index contributed by atoms with van der Waals surface area (Å²) in [5.74, 6) is 3.53. The molecule has 1 heterocycles. The van der Waals surface area contributed by atoms with Crippen molar-refractivity contribution in [1.82, 2.24) is 25.3 Å². The molecule has 0 aromatic heterocycles. The molecule has 1 saturated heterocycles. The van der Waals surface area contributed by atoms with Gasteiger partial charge in [0.05, 0.1) is 60.1 Å². The Bertz CT molecular complexity index is 1760. The van der Waals surface area contributed by atoms with Crippen molar-refractivity contribution in [1.29, 1.82) is 0 Å². The van der Waals surface area contributed by atoms with Gasteiger partial charge in [-0.25, -0.2) is 4.79 Å². The molecule has 1 aliphatic heterocycles. The number of nitrogens with zero attached hydrogens (tertiary/aromatic N) is 4. The summed E-state index contributed by atoms with van der Waals surface area (Å²) >= 11 is 0. The van der Waals surface area contributed by atoms with Crippen LogP contribution < -0.4 is 22.2 Å². The first kappa shape index (κ1) is 60.5. The molecule has 1 fully saturated rings. The summed E-state index contributed by atoms with van der Waals surface area (Å²) in [7, 11) is 9.13. The fourth-order valence-electron chi connectivity index (χ4n) is 8.91. The number of aliphatic hydroxyl groups is 1. The quantitative estimate of drug-likeness (QED) is 0.0216. The summed E-state index contributed by atoms with van der Waals surface area (Å²) in [4.78, 5) is 73.4. The molecule has 1 aliphatic rings. The molecule has 68 heavy (non-hydrogen) atoms. The lowest BCUT2D eigenvalue weighted by atomic mass is 9.90. The molecule has 2 rings (SSSR count). The van der Waals surface area contributed by atoms with Gasteiger partial charge < -0.3 is 51.3 Å². The zero-order chi connectivity index (χ0) is 51.5. The summed E-state index contributed by atoms with van der Waals surface area (Å²) in [6, 6.07) is 6.70. The fourth-order valence-corrected chi connectivity index (χ4v) is 11.1. The van der Waals surface area contributed by atoms with E-state index in [1.54, 1.807) is 37.9 Å². The molecule has 0 radical (unpaired) electrons. The summed E-state index contributed by atoms with van der Waals surface area (Å²) in [6.45, 7) is 19.3. The number of likely N-dealkylation sites (tertiary alicyclic amines) is 1. The number of aliphatic hydroxyl groups excluding tert-OH is 1. The molecule has 1 aromatic carbocycles. The highest BCUT2D eigenvalue weighted by Crippen LogP contribution is 2.39. The third kappa shape index (κ3) is 18.0. The minimum atomic E-state index is -0.937. The first-order chi connectivity index (χ1) is 32.0. The molecule has 0 saturated carbocycles. The maximum Gasteiger partial charge on any atom is 0.410 e. The number of hydrogen-bond acceptors (Lipinski definition) is 14. The topological polar surface area (TPSA) is 231 Å². The molecule has 11 unspecified atom stereocenters. The molecule has 5 amide bonds. The van der Waals surface area contributed by atoms with E-state index >= 15 is 0 Å². The summed E-state index contributed by atoms with van der Waals surface area (Å²) in [5.41, 5.74) is 6.89. The average Bonchev–Trinajstić information content (AvgIpc) is 3.80. The van der Waals surface area contributed by atoms with E-state index in [9.17, 15) is 29.1 Å². The highest BCUT2D eigenvalue weighted by Gasteiger charge is 2.43. The van der Waals surface area contributed by atoms with Crippen LogP contribution in [-0.4, -0.2) is 150 Å². The number of amides is 5. The number of carbonyl (C=O) groups is 5. The van der Waals surface area contributed by atoms with Crippen LogP contribution in [0.1, 0.15) is 126 Å². The Hall–Kier alpha value is -3.62. The van der Waals surface area contributed by atoms with E-state index in [1.165, 1.54) is 52.7 Å². The molecule has 11 atom stereocenters. The number of hydrogen-bond donors (Lipinski definition) is 5. The number of likely N-dealkylation sites (N-methyl/N-ethyl adjacent to an activating group) is 2. The van der Waals surface area contributed by atoms with E-state index in [4.69, 9.17) is 25.8 Å². The summed E-state index contributed by atoms with van der Waals surface area (Å²) < 4.78 is 17.1. The third-order valence-corrected chi connectivity index (χ3v) is 16.5. The van der Waals surface area contributed by atoms with Crippen molar-refractivity contribution in [2.75, 3.05) is 48.0 Å². The van der Waals surface area contributed by atoms with Crippen LogP contribution in [0.5, 0.6) is 0 Å². The van der Waals surface area contributed by atoms with Crippen LogP contribution in [0.4, 0.5) is 4.79 Å². The molecular weight excluding hydrogens is 909 g/mol. The smallest absolute Gasteiger partial charge is 0.410 e. The van der Waals surface area contributed by atoms with E-state index in [2.05, 4.69) is 22.7 Å². The van der Waals surface area contributed by atoms with Crippen LogP contribution in [-0.2, 0) is 33.4 Å². The standard InChI is InChI=1S/C49H86N8O9S2/c1-15-21-36(33(7)50)26-39(54-51)67-68-49(9,10)29-66-48(63)56(12)42(30(3)4)47(62)52-28-41(59)55(11)43(31(5)16-2)38(64-13)27-40(58)57-25-20-24-37(57)45(65-14)32(6)46(61)53-34(8)44(60)35-22-18-17-19-23-35/h17-19,22-23,30-34,36-38,42-45,60H,15-16,20-21,24-29,50-51H2,1-14H3,(H,52,62)(H,53,61)/b54-39+. The van der Waals surface area contributed by atoms with Crippen LogP contribution in [0.2, 0.25) is 0 Å². The fraction of sp³-hybridized carbons (Fsp3) is 0.755. The van der Waals surface area contributed by atoms with Crippen LogP contribution in [0.25, 0.3) is 0 Å². The highest BCUT2D eigenvalue weighted by atomic mass is 33.1. The lowest BCUT2D eigenvalue weighted by molar-refractivity contribution is -0.146. The number of rotatable bonds is 28. The van der Waals surface area contributed by atoms with Gasteiger partial charge in [0, 0.05) is 47.3 Å². The van der Waals surface area contributed by atoms with Gasteiger partial charge in [-0.3, -0.25) is 24.1 Å². The van der Waals surface area contributed by atoms with E-state index < -0.39 is 65.0 Å². The molecule has 0 spiro atoms. The highest BCUT2D eigenvalue weighted by molar-refractivity contribution is 8.82. The normalized spacial score (nSPS) is 18.9. The minimum Gasteiger partial charge on any atom is -0.448 e. The maximum atomic E-state index is 14.2. The summed E-state index contributed by atoms with van der Waals surface area (Å²) in [5, 5.41) is 21.3. The van der Waals surface area contributed by atoms with E-state index in [1.807, 2.05) is 66.7 Å². The molecular formula is C49H86N8O9S2. The van der Waals surface area contributed by atoms with E-state index in [0.717, 1.165) is 24.3 Å². The van der Waals surface area contributed by atoms with Gasteiger partial charge >= 0.3 is 6.09 Å². The number of ether oxygens (including phenoxy) is 3. The summed E-state index contributed by atoms with van der Waals surface area (Å²) in [6.07, 6.45) is 1.73. The van der Waals surface area contributed by atoms with Crippen molar-refractivity contribution in [3.63, 3.8) is 0 Å². The van der Waals surface area contributed by atoms with Gasteiger partial charge in [0.2, 0.25) is 23.6 Å². The Morgan fingerprint density at radius 1 is 0.971 bits per heavy atom. The zero-order valence-electron chi connectivity index (χ0n) is 43.4. The van der Waals surface area contributed by atoms with Gasteiger partial charge in [-0.2, -0.15) is 5.10 Å². The monoisotopic (exact) mass is 995 g/mol. The van der Waals surface area contributed by atoms with Gasteiger partial charge in [0.25, 0.3) is 0 Å².